The molecule has 0 aliphatic heterocycles. The zero-order chi connectivity index (χ0) is 14.0. The average molecular weight is 285 g/mol. The highest BCUT2D eigenvalue weighted by Gasteiger charge is 2.38. The number of hydrogen-bond donors (Lipinski definition) is 1. The van der Waals surface area contributed by atoms with Gasteiger partial charge in [-0.2, -0.15) is 5.10 Å². The molecule has 1 aromatic rings. The van der Waals surface area contributed by atoms with Crippen molar-refractivity contribution in [3.05, 3.63) is 16.4 Å². The predicted octanol–water partition coefficient (Wildman–Crippen LogP) is 2.44. The molecule has 5 heteroatoms. The first kappa shape index (κ1) is 14.8. The molecule has 0 amide bonds. The first-order chi connectivity index (χ1) is 9.00. The summed E-state index contributed by atoms with van der Waals surface area (Å²) in [6.45, 7) is 6.74. The van der Waals surface area contributed by atoms with E-state index < -0.39 is 0 Å². The molecule has 0 spiro atoms. The van der Waals surface area contributed by atoms with Crippen molar-refractivity contribution in [3.63, 3.8) is 0 Å². The Morgan fingerprint density at radius 2 is 2.11 bits per heavy atom. The van der Waals surface area contributed by atoms with Crippen LogP contribution in [0.2, 0.25) is 5.02 Å². The van der Waals surface area contributed by atoms with Crippen molar-refractivity contribution in [2.45, 2.75) is 51.7 Å². The Balaban J connectivity index is 1.96. The number of aryl methyl sites for hydroxylation is 2. The van der Waals surface area contributed by atoms with Crippen LogP contribution in [-0.2, 0) is 13.1 Å². The highest BCUT2D eigenvalue weighted by molar-refractivity contribution is 6.31. The van der Waals surface area contributed by atoms with E-state index in [-0.39, 0.29) is 0 Å². The molecule has 1 aliphatic carbocycles. The van der Waals surface area contributed by atoms with E-state index in [0.29, 0.717) is 5.54 Å². The minimum absolute atomic E-state index is 0.346. The second-order valence-corrected chi connectivity index (χ2v) is 6.12. The quantitative estimate of drug-likeness (QED) is 0.871. The topological polar surface area (TPSA) is 33.1 Å². The number of nitrogens with zero attached hydrogens (tertiary/aromatic N) is 3. The van der Waals surface area contributed by atoms with Gasteiger partial charge in [0.25, 0.3) is 0 Å². The van der Waals surface area contributed by atoms with Gasteiger partial charge in [0.15, 0.2) is 0 Å². The van der Waals surface area contributed by atoms with E-state index >= 15 is 0 Å². The van der Waals surface area contributed by atoms with Gasteiger partial charge in [0.05, 0.1) is 16.4 Å². The van der Waals surface area contributed by atoms with Crippen LogP contribution >= 0.6 is 11.6 Å². The molecule has 1 aliphatic rings. The van der Waals surface area contributed by atoms with Crippen LogP contribution in [0.3, 0.4) is 0 Å². The lowest BCUT2D eigenvalue weighted by Crippen LogP contribution is -2.56. The minimum Gasteiger partial charge on any atom is -0.309 e. The maximum absolute atomic E-state index is 6.32. The number of halogens is 1. The highest BCUT2D eigenvalue weighted by Crippen LogP contribution is 2.35. The van der Waals surface area contributed by atoms with Gasteiger partial charge in [0.1, 0.15) is 0 Å². The molecule has 0 atom stereocenters. The fourth-order valence-corrected chi connectivity index (χ4v) is 3.02. The van der Waals surface area contributed by atoms with Crippen molar-refractivity contribution in [1.82, 2.24) is 20.0 Å². The van der Waals surface area contributed by atoms with Gasteiger partial charge in [-0.05, 0) is 47.2 Å². The van der Waals surface area contributed by atoms with Gasteiger partial charge in [-0.15, -0.1) is 0 Å². The van der Waals surface area contributed by atoms with Crippen LogP contribution in [0.4, 0.5) is 0 Å². The first-order valence-electron chi connectivity index (χ1n) is 7.10. The summed E-state index contributed by atoms with van der Waals surface area (Å²) >= 11 is 6.32. The van der Waals surface area contributed by atoms with Gasteiger partial charge in [-0.1, -0.05) is 11.6 Å². The van der Waals surface area contributed by atoms with E-state index in [1.807, 2.05) is 11.6 Å². The molecule has 1 aromatic heterocycles. The van der Waals surface area contributed by atoms with Crippen molar-refractivity contribution < 1.29 is 0 Å². The fraction of sp³-hybridized carbons (Fsp3) is 0.786. The molecule has 19 heavy (non-hydrogen) atoms. The maximum Gasteiger partial charge on any atom is 0.0860 e. The second-order valence-electron chi connectivity index (χ2n) is 5.74. The molecule has 0 radical (unpaired) electrons. The Hall–Kier alpha value is -0.580. The molecular weight excluding hydrogens is 260 g/mol. The number of likely N-dealkylation sites (N-methyl/N-ethyl adjacent to an activating group) is 1. The lowest BCUT2D eigenvalue weighted by Gasteiger charge is -2.47. The van der Waals surface area contributed by atoms with E-state index in [2.05, 4.69) is 36.3 Å². The zero-order valence-electron chi connectivity index (χ0n) is 12.5. The number of rotatable bonds is 6. The van der Waals surface area contributed by atoms with Crippen molar-refractivity contribution in [1.29, 1.82) is 0 Å². The molecule has 4 nitrogen and oxygen atoms in total. The number of nitrogens with one attached hydrogen (secondary N) is 1. The van der Waals surface area contributed by atoms with E-state index in [0.717, 1.165) is 36.0 Å². The van der Waals surface area contributed by atoms with E-state index in [4.69, 9.17) is 11.6 Å². The lowest BCUT2D eigenvalue weighted by atomic mass is 9.75. The molecule has 1 heterocycles. The minimum atomic E-state index is 0.346. The second kappa shape index (κ2) is 5.81. The molecule has 108 valence electrons. The van der Waals surface area contributed by atoms with Gasteiger partial charge in [0.2, 0.25) is 0 Å². The highest BCUT2D eigenvalue weighted by atomic mass is 35.5. The number of hydrogen-bond acceptors (Lipinski definition) is 3. The molecular formula is C14H25ClN4. The third-order valence-electron chi connectivity index (χ3n) is 4.43. The summed E-state index contributed by atoms with van der Waals surface area (Å²) in [6, 6.07) is 0. The summed E-state index contributed by atoms with van der Waals surface area (Å²) < 4.78 is 1.99. The summed E-state index contributed by atoms with van der Waals surface area (Å²) in [5.74, 6) is 0. The largest absolute Gasteiger partial charge is 0.309 e. The molecule has 0 bridgehead atoms. The summed E-state index contributed by atoms with van der Waals surface area (Å²) in [6.07, 6.45) is 3.91. The van der Waals surface area contributed by atoms with Gasteiger partial charge >= 0.3 is 0 Å². The van der Waals surface area contributed by atoms with E-state index in [1.54, 1.807) is 0 Å². The lowest BCUT2D eigenvalue weighted by molar-refractivity contribution is 0.0596. The Kier molecular flexibility index (Phi) is 4.54. The van der Waals surface area contributed by atoms with Gasteiger partial charge < -0.3 is 10.2 Å². The molecule has 0 saturated heterocycles. The Bertz CT molecular complexity index is 435. The van der Waals surface area contributed by atoms with E-state index in [9.17, 15) is 0 Å². The smallest absolute Gasteiger partial charge is 0.0860 e. The van der Waals surface area contributed by atoms with E-state index in [1.165, 1.54) is 19.3 Å². The van der Waals surface area contributed by atoms with Crippen molar-refractivity contribution >= 4 is 11.6 Å². The van der Waals surface area contributed by atoms with Crippen molar-refractivity contribution in [3.8, 4) is 0 Å². The summed E-state index contributed by atoms with van der Waals surface area (Å²) in [5.41, 5.74) is 2.37. The monoisotopic (exact) mass is 284 g/mol. The third-order valence-corrected chi connectivity index (χ3v) is 4.92. The SMILES string of the molecule is CCn1nc(C)c(Cl)c1CNCC1(N(C)C)CCC1. The maximum atomic E-state index is 6.32. The molecule has 1 saturated carbocycles. The number of aromatic nitrogens is 2. The summed E-state index contributed by atoms with van der Waals surface area (Å²) in [7, 11) is 4.35. The molecule has 0 aromatic carbocycles. The average Bonchev–Trinajstić information content (AvgIpc) is 2.59. The molecule has 1 N–H and O–H groups in total. The summed E-state index contributed by atoms with van der Waals surface area (Å²) in [5, 5.41) is 8.82. The van der Waals surface area contributed by atoms with Gasteiger partial charge in [-0.3, -0.25) is 4.68 Å². The molecule has 1 fully saturated rings. The van der Waals surface area contributed by atoms with Crippen LogP contribution in [-0.4, -0.2) is 40.9 Å². The normalized spacial score (nSPS) is 17.8. The van der Waals surface area contributed by atoms with Crippen LogP contribution in [0.5, 0.6) is 0 Å². The van der Waals surface area contributed by atoms with Crippen LogP contribution in [0.1, 0.15) is 37.6 Å². The Labute approximate surface area is 121 Å². The van der Waals surface area contributed by atoms with Gasteiger partial charge in [-0.25, -0.2) is 0 Å². The van der Waals surface area contributed by atoms with Gasteiger partial charge in [0, 0.05) is 25.2 Å². The Morgan fingerprint density at radius 3 is 2.58 bits per heavy atom. The van der Waals surface area contributed by atoms with Crippen LogP contribution in [0, 0.1) is 6.92 Å². The van der Waals surface area contributed by atoms with Crippen LogP contribution in [0.25, 0.3) is 0 Å². The third kappa shape index (κ3) is 2.81. The van der Waals surface area contributed by atoms with Crippen LogP contribution < -0.4 is 5.32 Å². The van der Waals surface area contributed by atoms with Crippen molar-refractivity contribution in [2.24, 2.45) is 0 Å². The van der Waals surface area contributed by atoms with Crippen molar-refractivity contribution in [2.75, 3.05) is 20.6 Å². The van der Waals surface area contributed by atoms with Crippen LogP contribution in [0.15, 0.2) is 0 Å². The standard InChI is InChI=1S/C14H25ClN4/c1-5-19-12(13(15)11(2)17-19)9-16-10-14(18(3)4)7-6-8-14/h16H,5-10H2,1-4H3. The molecule has 2 rings (SSSR count). The fourth-order valence-electron chi connectivity index (χ4n) is 2.82. The predicted molar refractivity (Wildman–Crippen MR) is 79.6 cm³/mol. The first-order valence-corrected chi connectivity index (χ1v) is 7.48. The Morgan fingerprint density at radius 1 is 1.42 bits per heavy atom. The zero-order valence-corrected chi connectivity index (χ0v) is 13.2. The summed E-state index contributed by atoms with van der Waals surface area (Å²) in [4.78, 5) is 2.35. The molecule has 0 unspecified atom stereocenters.